The zero-order valence-electron chi connectivity index (χ0n) is 6.98. The number of halogens is 4. The largest absolute Gasteiger partial charge is 0.371 e. The molecule has 0 N–H and O–H groups in total. The molecule has 0 bridgehead atoms. The van der Waals surface area contributed by atoms with Crippen molar-refractivity contribution < 1.29 is 27.2 Å². The predicted octanol–water partition coefficient (Wildman–Crippen LogP) is 1.98. The van der Waals surface area contributed by atoms with Crippen molar-refractivity contribution in [2.24, 2.45) is 0 Å². The summed E-state index contributed by atoms with van der Waals surface area (Å²) in [5.74, 6) is -11.2. The van der Waals surface area contributed by atoms with E-state index in [0.29, 0.717) is 12.1 Å². The molecule has 0 amide bonds. The number of fused-ring (bicyclic) bond motifs is 1. The Balaban J connectivity index is 2.80. The molecule has 0 aromatic heterocycles. The van der Waals surface area contributed by atoms with Gasteiger partial charge in [-0.15, -0.1) is 0 Å². The van der Waals surface area contributed by atoms with Crippen molar-refractivity contribution in [2.45, 2.75) is 5.92 Å². The van der Waals surface area contributed by atoms with Crippen molar-refractivity contribution in [3.63, 3.8) is 0 Å². The molecule has 0 heterocycles. The number of carbonyl (C=O) groups is 2. The maximum absolute atomic E-state index is 13.0. The Morgan fingerprint density at radius 1 is 1.00 bits per heavy atom. The smallest absolute Gasteiger partial charge is 0.287 e. The third-order valence-electron chi connectivity index (χ3n) is 2.14. The molecular formula is C9H2F4O2. The van der Waals surface area contributed by atoms with E-state index in [1.54, 1.807) is 0 Å². The summed E-state index contributed by atoms with van der Waals surface area (Å²) in [5.41, 5.74) is -1.94. The van der Waals surface area contributed by atoms with Crippen LogP contribution in [0.4, 0.5) is 17.6 Å². The minimum Gasteiger partial charge on any atom is -0.287 e. The van der Waals surface area contributed by atoms with Crippen molar-refractivity contribution in [1.29, 1.82) is 0 Å². The van der Waals surface area contributed by atoms with Gasteiger partial charge in [-0.25, -0.2) is 8.78 Å². The Labute approximate surface area is 80.5 Å². The van der Waals surface area contributed by atoms with Gasteiger partial charge in [0, 0.05) is 5.56 Å². The summed E-state index contributed by atoms with van der Waals surface area (Å²) in [7, 11) is 0. The number of alkyl halides is 2. The number of hydrogen-bond donors (Lipinski definition) is 0. The van der Waals surface area contributed by atoms with Crippen molar-refractivity contribution in [2.75, 3.05) is 0 Å². The molecular weight excluding hydrogens is 216 g/mol. The minimum absolute atomic E-state index is 0.529. The highest BCUT2D eigenvalue weighted by Crippen LogP contribution is 2.36. The highest BCUT2D eigenvalue weighted by Gasteiger charge is 2.56. The van der Waals surface area contributed by atoms with Crippen LogP contribution in [0.5, 0.6) is 0 Å². The molecule has 2 nitrogen and oxygen atoms in total. The van der Waals surface area contributed by atoms with Gasteiger partial charge < -0.3 is 0 Å². The monoisotopic (exact) mass is 218 g/mol. The number of benzene rings is 1. The lowest BCUT2D eigenvalue weighted by atomic mass is 10.1. The fourth-order valence-electron chi connectivity index (χ4n) is 1.39. The molecule has 0 saturated carbocycles. The summed E-state index contributed by atoms with van der Waals surface area (Å²) in [6.45, 7) is 0. The molecule has 2 rings (SSSR count). The molecule has 0 saturated heterocycles. The van der Waals surface area contributed by atoms with Crippen LogP contribution in [0.3, 0.4) is 0 Å². The summed E-state index contributed by atoms with van der Waals surface area (Å²) in [6.07, 6.45) is 0. The normalized spacial score (nSPS) is 18.1. The molecule has 1 aromatic carbocycles. The number of hydrogen-bond acceptors (Lipinski definition) is 2. The second-order valence-corrected chi connectivity index (χ2v) is 3.02. The van der Waals surface area contributed by atoms with E-state index in [0.717, 1.165) is 0 Å². The molecule has 1 aromatic rings. The van der Waals surface area contributed by atoms with Gasteiger partial charge in [-0.3, -0.25) is 9.59 Å². The third kappa shape index (κ3) is 1.04. The molecule has 0 fully saturated rings. The Morgan fingerprint density at radius 3 is 2.20 bits per heavy atom. The molecule has 6 heteroatoms. The minimum atomic E-state index is -4.28. The molecule has 0 spiro atoms. The van der Waals surface area contributed by atoms with Crippen molar-refractivity contribution >= 4 is 11.6 Å². The van der Waals surface area contributed by atoms with Gasteiger partial charge in [-0.2, -0.15) is 8.78 Å². The van der Waals surface area contributed by atoms with E-state index in [2.05, 4.69) is 0 Å². The highest BCUT2D eigenvalue weighted by atomic mass is 19.3. The second-order valence-electron chi connectivity index (χ2n) is 3.02. The quantitative estimate of drug-likeness (QED) is 0.492. The summed E-state index contributed by atoms with van der Waals surface area (Å²) < 4.78 is 51.3. The highest BCUT2D eigenvalue weighted by molar-refractivity contribution is 6.30. The van der Waals surface area contributed by atoms with Gasteiger partial charge in [-0.1, -0.05) is 0 Å². The van der Waals surface area contributed by atoms with Crippen LogP contribution in [-0.2, 0) is 0 Å². The molecule has 0 atom stereocenters. The van der Waals surface area contributed by atoms with E-state index < -0.39 is 40.3 Å². The van der Waals surface area contributed by atoms with E-state index >= 15 is 0 Å². The van der Waals surface area contributed by atoms with Gasteiger partial charge in [0.05, 0.1) is 5.56 Å². The SMILES string of the molecule is O=C1c2ccc(F)c(F)c2C(=O)C1(F)F. The second kappa shape index (κ2) is 2.65. The van der Waals surface area contributed by atoms with E-state index in [1.807, 2.05) is 0 Å². The van der Waals surface area contributed by atoms with Crippen molar-refractivity contribution in [1.82, 2.24) is 0 Å². The van der Waals surface area contributed by atoms with Crippen LogP contribution in [0, 0.1) is 11.6 Å². The summed E-state index contributed by atoms with van der Waals surface area (Å²) in [5, 5.41) is 0. The van der Waals surface area contributed by atoms with Gasteiger partial charge in [0.2, 0.25) is 11.6 Å². The van der Waals surface area contributed by atoms with Gasteiger partial charge in [-0.05, 0) is 12.1 Å². The Kier molecular flexibility index (Phi) is 1.74. The predicted molar refractivity (Wildman–Crippen MR) is 40.0 cm³/mol. The van der Waals surface area contributed by atoms with Gasteiger partial charge in [0.1, 0.15) is 0 Å². The van der Waals surface area contributed by atoms with Crippen LogP contribution in [-0.4, -0.2) is 17.5 Å². The van der Waals surface area contributed by atoms with Crippen LogP contribution < -0.4 is 0 Å². The van der Waals surface area contributed by atoms with Gasteiger partial charge >= 0.3 is 5.92 Å². The number of Topliss-reactive ketones (excluding diaryl/α,β-unsaturated/α-hetero) is 2. The molecule has 15 heavy (non-hydrogen) atoms. The first kappa shape index (κ1) is 9.82. The lowest BCUT2D eigenvalue weighted by molar-refractivity contribution is 0.0187. The van der Waals surface area contributed by atoms with Gasteiger partial charge in [0.25, 0.3) is 0 Å². The van der Waals surface area contributed by atoms with Gasteiger partial charge in [0.15, 0.2) is 11.6 Å². The maximum Gasteiger partial charge on any atom is 0.371 e. The average Bonchev–Trinajstić information content (AvgIpc) is 2.35. The maximum atomic E-state index is 13.0. The lowest BCUT2D eigenvalue weighted by Crippen LogP contribution is -2.30. The van der Waals surface area contributed by atoms with Crippen LogP contribution in [0.1, 0.15) is 20.7 Å². The molecule has 1 aliphatic rings. The summed E-state index contributed by atoms with van der Waals surface area (Å²) >= 11 is 0. The number of carbonyl (C=O) groups excluding carboxylic acids is 2. The number of rotatable bonds is 0. The first-order chi connectivity index (χ1) is 6.87. The average molecular weight is 218 g/mol. The standard InChI is InChI=1S/C9H2F4O2/c10-4-2-1-3-5(6(4)11)8(15)9(12,13)7(3)14/h1-2H. The Morgan fingerprint density at radius 2 is 1.60 bits per heavy atom. The first-order valence-electron chi connectivity index (χ1n) is 3.82. The van der Waals surface area contributed by atoms with E-state index in [-0.39, 0.29) is 0 Å². The van der Waals surface area contributed by atoms with Crippen LogP contribution in [0.25, 0.3) is 0 Å². The van der Waals surface area contributed by atoms with Crippen LogP contribution in [0.2, 0.25) is 0 Å². The molecule has 0 unspecified atom stereocenters. The molecule has 0 radical (unpaired) electrons. The summed E-state index contributed by atoms with van der Waals surface area (Å²) in [6, 6.07) is 1.20. The van der Waals surface area contributed by atoms with Crippen molar-refractivity contribution in [3.8, 4) is 0 Å². The first-order valence-corrected chi connectivity index (χ1v) is 3.82. The third-order valence-corrected chi connectivity index (χ3v) is 2.14. The zero-order chi connectivity index (χ0) is 11.4. The van der Waals surface area contributed by atoms with Crippen LogP contribution >= 0.6 is 0 Å². The van der Waals surface area contributed by atoms with Crippen molar-refractivity contribution in [3.05, 3.63) is 34.9 Å². The molecule has 0 aliphatic heterocycles. The molecule has 1 aliphatic carbocycles. The fraction of sp³-hybridized carbons (Fsp3) is 0.111. The number of ketones is 2. The summed E-state index contributed by atoms with van der Waals surface area (Å²) in [4.78, 5) is 21.9. The van der Waals surface area contributed by atoms with E-state index in [4.69, 9.17) is 0 Å². The lowest BCUT2D eigenvalue weighted by Gasteiger charge is -2.01. The van der Waals surface area contributed by atoms with E-state index in [1.165, 1.54) is 0 Å². The van der Waals surface area contributed by atoms with Crippen LogP contribution in [0.15, 0.2) is 12.1 Å². The Hall–Kier alpha value is -1.72. The molecule has 78 valence electrons. The topological polar surface area (TPSA) is 34.1 Å². The van der Waals surface area contributed by atoms with E-state index in [9.17, 15) is 27.2 Å². The Bertz CT molecular complexity index is 493. The fourth-order valence-corrected chi connectivity index (χ4v) is 1.39. The zero-order valence-corrected chi connectivity index (χ0v) is 6.98.